The van der Waals surface area contributed by atoms with Crippen LogP contribution in [0.3, 0.4) is 0 Å². The third-order valence-electron chi connectivity index (χ3n) is 3.30. The molecule has 0 spiro atoms. The summed E-state index contributed by atoms with van der Waals surface area (Å²) in [6, 6.07) is 11.9. The minimum absolute atomic E-state index is 0.0213. The topological polar surface area (TPSA) is 17.1 Å². The van der Waals surface area contributed by atoms with E-state index in [1.807, 2.05) is 12.1 Å². The molecule has 0 aromatic heterocycles. The zero-order chi connectivity index (χ0) is 14.7. The molecule has 0 aliphatic heterocycles. The number of hydrogen-bond acceptors (Lipinski definition) is 1. The van der Waals surface area contributed by atoms with Crippen molar-refractivity contribution in [1.82, 2.24) is 0 Å². The summed E-state index contributed by atoms with van der Waals surface area (Å²) in [6.45, 7) is 4.19. The van der Waals surface area contributed by atoms with E-state index in [0.717, 1.165) is 0 Å². The first kappa shape index (κ1) is 14.7. The average Bonchev–Trinajstić information content (AvgIpc) is 2.43. The third kappa shape index (κ3) is 3.26. The normalized spacial score (nSPS) is 10.8. The van der Waals surface area contributed by atoms with Crippen LogP contribution in [-0.4, -0.2) is 5.78 Å². The number of halogens is 2. The van der Waals surface area contributed by atoms with Gasteiger partial charge in [0.25, 0.3) is 0 Å². The van der Waals surface area contributed by atoms with E-state index < -0.39 is 5.82 Å². The van der Waals surface area contributed by atoms with Crippen molar-refractivity contribution >= 4 is 17.4 Å². The molecule has 0 unspecified atom stereocenters. The van der Waals surface area contributed by atoms with Crippen molar-refractivity contribution in [2.24, 2.45) is 0 Å². The fourth-order valence-corrected chi connectivity index (χ4v) is 2.25. The van der Waals surface area contributed by atoms with Crippen molar-refractivity contribution in [2.75, 3.05) is 0 Å². The van der Waals surface area contributed by atoms with Crippen LogP contribution in [0.1, 0.15) is 41.3 Å². The van der Waals surface area contributed by atoms with E-state index in [1.54, 1.807) is 18.2 Å². The molecule has 0 bridgehead atoms. The van der Waals surface area contributed by atoms with Gasteiger partial charge in [-0.1, -0.05) is 55.8 Å². The lowest BCUT2D eigenvalue weighted by molar-refractivity contribution is 0.0992. The van der Waals surface area contributed by atoms with Crippen LogP contribution < -0.4 is 0 Å². The van der Waals surface area contributed by atoms with Crippen molar-refractivity contribution in [2.45, 2.75) is 26.2 Å². The molecule has 0 aliphatic rings. The molecule has 0 atom stereocenters. The Labute approximate surface area is 123 Å². The second-order valence-corrected chi connectivity index (χ2v) is 5.48. The van der Waals surface area contributed by atoms with Crippen molar-refractivity contribution in [3.05, 3.63) is 70.0 Å². The molecule has 0 heterocycles. The summed E-state index contributed by atoms with van der Waals surface area (Å²) in [5, 5.41) is 0.289. The molecule has 104 valence electrons. The summed E-state index contributed by atoms with van der Waals surface area (Å²) in [5.41, 5.74) is 2.01. The van der Waals surface area contributed by atoms with Crippen LogP contribution in [0.4, 0.5) is 4.39 Å². The number of Topliss-reactive ketones (excluding diaryl/α,β-unsaturated/α-hetero) is 1. The van der Waals surface area contributed by atoms with Gasteiger partial charge in [-0.2, -0.15) is 0 Å². The van der Waals surface area contributed by atoms with Crippen LogP contribution in [0.25, 0.3) is 0 Å². The highest BCUT2D eigenvalue weighted by Crippen LogP contribution is 2.21. The Morgan fingerprint density at radius 3 is 2.35 bits per heavy atom. The highest BCUT2D eigenvalue weighted by Gasteiger charge is 2.13. The van der Waals surface area contributed by atoms with Crippen LogP contribution in [0, 0.1) is 5.82 Å². The highest BCUT2D eigenvalue weighted by molar-refractivity contribution is 6.31. The van der Waals surface area contributed by atoms with Gasteiger partial charge in [0.05, 0.1) is 0 Å². The SMILES string of the molecule is CC(C)c1ccc(C(=O)Cc2c(F)cccc2Cl)cc1. The predicted octanol–water partition coefficient (Wildman–Crippen LogP) is 5.03. The Morgan fingerprint density at radius 1 is 1.15 bits per heavy atom. The highest BCUT2D eigenvalue weighted by atomic mass is 35.5. The Hall–Kier alpha value is -1.67. The van der Waals surface area contributed by atoms with Crippen LogP contribution in [0.2, 0.25) is 5.02 Å². The minimum Gasteiger partial charge on any atom is -0.294 e. The maximum absolute atomic E-state index is 13.7. The van der Waals surface area contributed by atoms with E-state index in [4.69, 9.17) is 11.6 Å². The molecular formula is C17H16ClFO. The zero-order valence-electron chi connectivity index (χ0n) is 11.5. The minimum atomic E-state index is -0.440. The largest absolute Gasteiger partial charge is 0.294 e. The smallest absolute Gasteiger partial charge is 0.167 e. The molecule has 0 saturated heterocycles. The molecule has 0 amide bonds. The monoisotopic (exact) mass is 290 g/mol. The first-order chi connectivity index (χ1) is 9.49. The number of ketones is 1. The summed E-state index contributed by atoms with van der Waals surface area (Å²) >= 11 is 5.94. The first-order valence-corrected chi connectivity index (χ1v) is 6.93. The number of carbonyl (C=O) groups is 1. The summed E-state index contributed by atoms with van der Waals surface area (Å²) in [5.74, 6) is -0.155. The van der Waals surface area contributed by atoms with Gasteiger partial charge in [-0.05, 0) is 23.6 Å². The Kier molecular flexibility index (Phi) is 4.56. The molecule has 1 nitrogen and oxygen atoms in total. The summed E-state index contributed by atoms with van der Waals surface area (Å²) in [7, 11) is 0. The molecule has 0 fully saturated rings. The Balaban J connectivity index is 2.20. The van der Waals surface area contributed by atoms with Gasteiger partial charge in [0.15, 0.2) is 5.78 Å². The van der Waals surface area contributed by atoms with Gasteiger partial charge in [-0.3, -0.25) is 4.79 Å². The average molecular weight is 291 g/mol. The molecule has 20 heavy (non-hydrogen) atoms. The van der Waals surface area contributed by atoms with Gasteiger partial charge < -0.3 is 0 Å². The molecular weight excluding hydrogens is 275 g/mol. The van der Waals surface area contributed by atoms with Crippen molar-refractivity contribution in [3.63, 3.8) is 0 Å². The van der Waals surface area contributed by atoms with Crippen LogP contribution in [0.5, 0.6) is 0 Å². The molecule has 2 aromatic rings. The van der Waals surface area contributed by atoms with Crippen molar-refractivity contribution < 1.29 is 9.18 Å². The van der Waals surface area contributed by atoms with E-state index in [-0.39, 0.29) is 22.8 Å². The maximum atomic E-state index is 13.7. The van der Waals surface area contributed by atoms with E-state index in [1.165, 1.54) is 17.7 Å². The zero-order valence-corrected chi connectivity index (χ0v) is 12.2. The van der Waals surface area contributed by atoms with Crippen LogP contribution in [-0.2, 0) is 6.42 Å². The fraction of sp³-hybridized carbons (Fsp3) is 0.235. The van der Waals surface area contributed by atoms with Gasteiger partial charge in [0.2, 0.25) is 0 Å². The number of hydrogen-bond donors (Lipinski definition) is 0. The predicted molar refractivity (Wildman–Crippen MR) is 80.0 cm³/mol. The van der Waals surface area contributed by atoms with Crippen molar-refractivity contribution in [1.29, 1.82) is 0 Å². The molecule has 0 saturated carbocycles. The molecule has 3 heteroatoms. The Morgan fingerprint density at radius 2 is 1.80 bits per heavy atom. The number of carbonyl (C=O) groups excluding carboxylic acids is 1. The molecule has 0 aliphatic carbocycles. The summed E-state index contributed by atoms with van der Waals surface area (Å²) in [6.07, 6.45) is -0.0213. The number of benzene rings is 2. The third-order valence-corrected chi connectivity index (χ3v) is 3.65. The molecule has 2 aromatic carbocycles. The van der Waals surface area contributed by atoms with Crippen LogP contribution >= 0.6 is 11.6 Å². The maximum Gasteiger partial charge on any atom is 0.167 e. The second kappa shape index (κ2) is 6.19. The van der Waals surface area contributed by atoms with E-state index >= 15 is 0 Å². The lowest BCUT2D eigenvalue weighted by atomic mass is 9.98. The van der Waals surface area contributed by atoms with Crippen molar-refractivity contribution in [3.8, 4) is 0 Å². The van der Waals surface area contributed by atoms with E-state index in [2.05, 4.69) is 13.8 Å². The lowest BCUT2D eigenvalue weighted by Crippen LogP contribution is -2.06. The van der Waals surface area contributed by atoms with Gasteiger partial charge in [-0.15, -0.1) is 0 Å². The van der Waals surface area contributed by atoms with Gasteiger partial charge in [0, 0.05) is 22.6 Å². The van der Waals surface area contributed by atoms with Gasteiger partial charge in [-0.25, -0.2) is 4.39 Å². The van der Waals surface area contributed by atoms with Gasteiger partial charge >= 0.3 is 0 Å². The van der Waals surface area contributed by atoms with E-state index in [9.17, 15) is 9.18 Å². The fourth-order valence-electron chi connectivity index (χ4n) is 2.02. The van der Waals surface area contributed by atoms with Gasteiger partial charge in [0.1, 0.15) is 5.82 Å². The molecule has 2 rings (SSSR count). The molecule has 0 N–H and O–H groups in total. The second-order valence-electron chi connectivity index (χ2n) is 5.08. The Bertz CT molecular complexity index is 597. The summed E-state index contributed by atoms with van der Waals surface area (Å²) in [4.78, 5) is 12.2. The van der Waals surface area contributed by atoms with E-state index in [0.29, 0.717) is 11.5 Å². The first-order valence-electron chi connectivity index (χ1n) is 6.55. The lowest BCUT2D eigenvalue weighted by Gasteiger charge is -2.08. The molecule has 0 radical (unpaired) electrons. The van der Waals surface area contributed by atoms with Crippen LogP contribution in [0.15, 0.2) is 42.5 Å². The standard InChI is InChI=1S/C17H16ClFO/c1-11(2)12-6-8-13(9-7-12)17(20)10-14-15(18)4-3-5-16(14)19/h3-9,11H,10H2,1-2H3. The summed E-state index contributed by atoms with van der Waals surface area (Å²) < 4.78 is 13.7. The number of rotatable bonds is 4. The quantitative estimate of drug-likeness (QED) is 0.722.